The van der Waals surface area contributed by atoms with Crippen molar-refractivity contribution >= 4 is 29.5 Å². The maximum absolute atomic E-state index is 14.5. The summed E-state index contributed by atoms with van der Waals surface area (Å²) < 4.78 is 46.2. The number of nitrogens with one attached hydrogen (secondary N) is 2. The molecule has 1 aromatic rings. The Morgan fingerprint density at radius 2 is 1.80 bits per heavy atom. The van der Waals surface area contributed by atoms with Crippen molar-refractivity contribution in [2.45, 2.75) is 37.3 Å². The molecule has 0 aromatic heterocycles. The number of carbonyl (C=O) groups is 2. The van der Waals surface area contributed by atoms with E-state index in [1.54, 1.807) is 11.2 Å². The van der Waals surface area contributed by atoms with Crippen molar-refractivity contribution < 1.29 is 32.3 Å². The number of hydrogen-bond acceptors (Lipinski definition) is 9. The molecule has 15 heteroatoms. The summed E-state index contributed by atoms with van der Waals surface area (Å²) in [4.78, 5) is 30.3. The fourth-order valence-electron chi connectivity index (χ4n) is 5.36. The quantitative estimate of drug-likeness (QED) is 0.384. The third-order valence-electron chi connectivity index (χ3n) is 7.34. The van der Waals surface area contributed by atoms with Gasteiger partial charge in [-0.2, -0.15) is 13.2 Å². The number of alkyl halides is 4. The van der Waals surface area contributed by atoms with Crippen LogP contribution >= 0.6 is 0 Å². The molecule has 1 aliphatic carbocycles. The van der Waals surface area contributed by atoms with Crippen LogP contribution < -0.4 is 26.2 Å². The topological polar surface area (TPSA) is 130 Å². The summed E-state index contributed by atoms with van der Waals surface area (Å²) in [6.45, 7) is 4.71. The molecule has 1 amide bonds. The van der Waals surface area contributed by atoms with E-state index in [4.69, 9.17) is 15.6 Å². The molecule has 3 atom stereocenters. The van der Waals surface area contributed by atoms with E-state index in [0.29, 0.717) is 12.2 Å². The van der Waals surface area contributed by atoms with E-state index < -0.39 is 30.3 Å². The number of rotatable bonds is 5. The van der Waals surface area contributed by atoms with Crippen molar-refractivity contribution in [3.63, 3.8) is 0 Å². The largest absolute Gasteiger partial charge is 0.490 e. The van der Waals surface area contributed by atoms with E-state index >= 15 is 0 Å². The smallest absolute Gasteiger partial charge is 0.475 e. The predicted octanol–water partition coefficient (Wildman–Crippen LogP) is 0.903. The lowest BCUT2D eigenvalue weighted by atomic mass is 10.1. The van der Waals surface area contributed by atoms with Crippen molar-refractivity contribution in [3.8, 4) is 0 Å². The SMILES string of the molecule is CNC1=C2N=CC(C(N)=O)N2N([C@@H]2C[C@@H]2F)C(N2CCc3c(N4CCNCC4)cccc32)=C1.O=C(O)C(F)(F)F. The van der Waals surface area contributed by atoms with Gasteiger partial charge in [0, 0.05) is 75.4 Å². The average Bonchev–Trinajstić information content (AvgIpc) is 3.28. The van der Waals surface area contributed by atoms with Crippen molar-refractivity contribution in [2.24, 2.45) is 10.7 Å². The van der Waals surface area contributed by atoms with E-state index in [1.165, 1.54) is 11.3 Å². The molecule has 2 fully saturated rings. The summed E-state index contributed by atoms with van der Waals surface area (Å²) in [7, 11) is 1.83. The summed E-state index contributed by atoms with van der Waals surface area (Å²) in [5.74, 6) is -1.82. The highest BCUT2D eigenvalue weighted by Crippen LogP contribution is 2.45. The normalized spacial score (nSPS) is 25.2. The Balaban J connectivity index is 0.000000411. The Morgan fingerprint density at radius 1 is 1.15 bits per heavy atom. The summed E-state index contributed by atoms with van der Waals surface area (Å²) >= 11 is 0. The number of fused-ring (bicyclic) bond motifs is 2. The third-order valence-corrected chi connectivity index (χ3v) is 7.34. The second-order valence-electron chi connectivity index (χ2n) is 9.84. The van der Waals surface area contributed by atoms with Gasteiger partial charge in [-0.3, -0.25) is 9.80 Å². The summed E-state index contributed by atoms with van der Waals surface area (Å²) in [5.41, 5.74) is 10.2. The molecule has 5 aliphatic rings. The molecule has 0 spiro atoms. The molecule has 40 heavy (non-hydrogen) atoms. The number of anilines is 2. The van der Waals surface area contributed by atoms with Crippen LogP contribution in [0.3, 0.4) is 0 Å². The first kappa shape index (κ1) is 27.6. The molecule has 4 heterocycles. The number of carboxylic acid groups (broad SMARTS) is 1. The van der Waals surface area contributed by atoms with Crippen molar-refractivity contribution in [2.75, 3.05) is 49.6 Å². The van der Waals surface area contributed by atoms with Gasteiger partial charge in [-0.25, -0.2) is 19.2 Å². The van der Waals surface area contributed by atoms with Crippen molar-refractivity contribution in [1.82, 2.24) is 20.7 Å². The predicted molar refractivity (Wildman–Crippen MR) is 139 cm³/mol. The van der Waals surface area contributed by atoms with Gasteiger partial charge < -0.3 is 31.3 Å². The molecule has 216 valence electrons. The molecule has 1 saturated heterocycles. The highest BCUT2D eigenvalue weighted by Gasteiger charge is 2.52. The Labute approximate surface area is 227 Å². The fraction of sp³-hybridized carbons (Fsp3) is 0.480. The number of allylic oxidation sites excluding steroid dienone is 1. The Hall–Kier alpha value is -4.01. The zero-order valence-electron chi connectivity index (χ0n) is 21.7. The number of hydrazine groups is 1. The van der Waals surface area contributed by atoms with Crippen LogP contribution in [0.25, 0.3) is 0 Å². The molecule has 1 unspecified atom stereocenters. The van der Waals surface area contributed by atoms with Crippen molar-refractivity contribution in [1.29, 1.82) is 0 Å². The lowest BCUT2D eigenvalue weighted by Crippen LogP contribution is -2.56. The number of amides is 1. The van der Waals surface area contributed by atoms with Crippen LogP contribution in [0.5, 0.6) is 0 Å². The van der Waals surface area contributed by atoms with Gasteiger partial charge in [0.2, 0.25) is 5.91 Å². The lowest BCUT2D eigenvalue weighted by molar-refractivity contribution is -0.192. The van der Waals surface area contributed by atoms with Gasteiger partial charge in [0.1, 0.15) is 12.0 Å². The number of benzene rings is 1. The minimum absolute atomic E-state index is 0.339. The summed E-state index contributed by atoms with van der Waals surface area (Å²) in [5, 5.41) is 17.4. The fourth-order valence-corrected chi connectivity index (χ4v) is 5.36. The first-order valence-electron chi connectivity index (χ1n) is 12.9. The third kappa shape index (κ3) is 5.00. The zero-order valence-corrected chi connectivity index (χ0v) is 21.7. The first-order chi connectivity index (χ1) is 19.0. The molecule has 0 radical (unpaired) electrons. The number of aliphatic carboxylic acids is 1. The summed E-state index contributed by atoms with van der Waals surface area (Å²) in [6.07, 6.45) is -1.14. The van der Waals surface area contributed by atoms with E-state index in [2.05, 4.69) is 43.6 Å². The number of aliphatic imine (C=N–C) groups is 1. The molecule has 0 bridgehead atoms. The van der Waals surface area contributed by atoms with E-state index in [9.17, 15) is 22.4 Å². The Kier molecular flexibility index (Phi) is 7.25. The number of nitrogens with zero attached hydrogens (tertiary/aromatic N) is 5. The van der Waals surface area contributed by atoms with E-state index in [1.807, 2.05) is 18.1 Å². The molecule has 6 rings (SSSR count). The van der Waals surface area contributed by atoms with Crippen LogP contribution in [0.2, 0.25) is 0 Å². The molecule has 5 N–H and O–H groups in total. The number of hydrogen-bond donors (Lipinski definition) is 4. The highest BCUT2D eigenvalue weighted by molar-refractivity contribution is 5.98. The minimum Gasteiger partial charge on any atom is -0.475 e. The molecule has 11 nitrogen and oxygen atoms in total. The standard InChI is InChI=1S/C23H29FN8O.C2HF3O2/c1-26-16-12-21(31(19-11-15(19)24)32-20(22(25)33)13-28-23(16)32)30-8-5-14-17(3-2-4-18(14)30)29-9-6-27-7-10-29;3-2(4,5)1(6)7/h2-4,12-13,15,19-20,26-27H,5-11H2,1H3,(H2,25,33);(H,6,7)/t15-,19+,20?;/m0./s1. The lowest BCUT2D eigenvalue weighted by Gasteiger charge is -2.45. The van der Waals surface area contributed by atoms with Crippen LogP contribution in [0.1, 0.15) is 12.0 Å². The number of carboxylic acids is 1. The first-order valence-corrected chi connectivity index (χ1v) is 12.9. The second kappa shape index (κ2) is 10.5. The van der Waals surface area contributed by atoms with E-state index in [0.717, 1.165) is 56.4 Å². The maximum Gasteiger partial charge on any atom is 0.490 e. The number of nitrogens with two attached hydrogens (primary N) is 1. The van der Waals surface area contributed by atoms with Gasteiger partial charge >= 0.3 is 12.1 Å². The number of carbonyl (C=O) groups excluding carboxylic acids is 1. The van der Waals surface area contributed by atoms with Crippen LogP contribution in [-0.4, -0.2) is 97.4 Å². The maximum atomic E-state index is 14.5. The van der Waals surface area contributed by atoms with Crippen molar-refractivity contribution in [3.05, 3.63) is 47.2 Å². The number of primary amides is 1. The van der Waals surface area contributed by atoms with Gasteiger partial charge in [-0.1, -0.05) is 6.07 Å². The number of halogens is 4. The van der Waals surface area contributed by atoms with Gasteiger partial charge in [0.25, 0.3) is 0 Å². The van der Waals surface area contributed by atoms with Gasteiger partial charge in [0.05, 0.1) is 11.7 Å². The van der Waals surface area contributed by atoms with Gasteiger partial charge in [-0.15, -0.1) is 0 Å². The molecular formula is C25H30F4N8O3. The van der Waals surface area contributed by atoms with Crippen LogP contribution in [0.15, 0.2) is 46.6 Å². The van der Waals surface area contributed by atoms with E-state index in [-0.39, 0.29) is 6.04 Å². The monoisotopic (exact) mass is 566 g/mol. The van der Waals surface area contributed by atoms with Gasteiger partial charge in [0.15, 0.2) is 11.9 Å². The summed E-state index contributed by atoms with van der Waals surface area (Å²) in [6, 6.07) is 5.36. The molecule has 4 aliphatic heterocycles. The molecule has 1 aromatic carbocycles. The highest BCUT2D eigenvalue weighted by atomic mass is 19.4. The zero-order chi connectivity index (χ0) is 28.8. The number of piperazine rings is 1. The Morgan fingerprint density at radius 3 is 2.38 bits per heavy atom. The van der Waals surface area contributed by atoms with Crippen LogP contribution in [-0.2, 0) is 16.0 Å². The van der Waals surface area contributed by atoms with Crippen LogP contribution in [0.4, 0.5) is 28.9 Å². The average molecular weight is 567 g/mol. The second-order valence-corrected chi connectivity index (χ2v) is 9.84. The van der Waals surface area contributed by atoms with Crippen LogP contribution in [0, 0.1) is 0 Å². The molecule has 1 saturated carbocycles. The minimum atomic E-state index is -5.08. The molecular weight excluding hydrogens is 536 g/mol. The van der Waals surface area contributed by atoms with Gasteiger partial charge in [-0.05, 0) is 18.6 Å². The number of likely N-dealkylation sites (N-methyl/N-ethyl adjacent to an activating group) is 1. The Bertz CT molecular complexity index is 1280.